The van der Waals surface area contributed by atoms with Crippen LogP contribution in [0.15, 0.2) is 70.0 Å². The summed E-state index contributed by atoms with van der Waals surface area (Å²) in [5, 5.41) is 16.3. The van der Waals surface area contributed by atoms with Crippen LogP contribution >= 0.6 is 23.4 Å². The van der Waals surface area contributed by atoms with Crippen molar-refractivity contribution in [2.24, 2.45) is 5.10 Å². The molecule has 3 heterocycles. The molecule has 1 aliphatic carbocycles. The number of hydrazone groups is 1. The van der Waals surface area contributed by atoms with Gasteiger partial charge in [-0.3, -0.25) is 4.79 Å². The Hall–Kier alpha value is -2.84. The van der Waals surface area contributed by atoms with Gasteiger partial charge in [-0.2, -0.15) is 5.10 Å². The van der Waals surface area contributed by atoms with Crippen LogP contribution in [0.3, 0.4) is 0 Å². The van der Waals surface area contributed by atoms with E-state index >= 15 is 0 Å². The van der Waals surface area contributed by atoms with E-state index in [9.17, 15) is 4.79 Å². The molecule has 0 bridgehead atoms. The summed E-state index contributed by atoms with van der Waals surface area (Å²) in [5.41, 5.74) is 1.76. The molecule has 1 atom stereocenters. The normalized spacial score (nSPS) is 18.1. The quantitative estimate of drug-likeness (QED) is 0.342. The van der Waals surface area contributed by atoms with Gasteiger partial charge in [-0.05, 0) is 42.7 Å². The van der Waals surface area contributed by atoms with E-state index in [-0.39, 0.29) is 17.7 Å². The lowest BCUT2D eigenvalue weighted by molar-refractivity contribution is -0.130. The molecule has 0 saturated heterocycles. The molecule has 3 aromatic rings. The van der Waals surface area contributed by atoms with Crippen molar-refractivity contribution in [3.8, 4) is 0 Å². The molecule has 0 spiro atoms. The molecule has 1 saturated carbocycles. The van der Waals surface area contributed by atoms with Crippen molar-refractivity contribution in [3.05, 3.63) is 77.5 Å². The van der Waals surface area contributed by atoms with Crippen molar-refractivity contribution < 1.29 is 9.21 Å². The first-order valence-corrected chi connectivity index (χ1v) is 11.9. The van der Waals surface area contributed by atoms with E-state index in [4.69, 9.17) is 16.0 Å². The summed E-state index contributed by atoms with van der Waals surface area (Å²) in [6, 6.07) is 10.9. The van der Waals surface area contributed by atoms with Gasteiger partial charge in [-0.15, -0.1) is 16.8 Å². The molecule has 32 heavy (non-hydrogen) atoms. The Bertz CT molecular complexity index is 1150. The maximum atomic E-state index is 13.2. The van der Waals surface area contributed by atoms with Gasteiger partial charge in [0.2, 0.25) is 0 Å². The fourth-order valence-corrected chi connectivity index (χ4v) is 4.74. The van der Waals surface area contributed by atoms with Gasteiger partial charge in [-0.1, -0.05) is 41.6 Å². The lowest BCUT2D eigenvalue weighted by atomic mass is 10.0. The first kappa shape index (κ1) is 21.0. The number of hydrogen-bond acceptors (Lipinski definition) is 6. The molecular weight excluding hydrogens is 446 g/mol. The second-order valence-corrected chi connectivity index (χ2v) is 9.21. The number of aromatic nitrogens is 3. The van der Waals surface area contributed by atoms with Crippen LogP contribution in [-0.4, -0.2) is 37.1 Å². The van der Waals surface area contributed by atoms with Gasteiger partial charge in [0, 0.05) is 23.9 Å². The first-order valence-electron chi connectivity index (χ1n) is 10.5. The monoisotopic (exact) mass is 467 g/mol. The molecule has 1 aliphatic heterocycles. The number of nitrogens with zero attached hydrogens (tertiary/aromatic N) is 5. The minimum absolute atomic E-state index is 0.110. The zero-order valence-electron chi connectivity index (χ0n) is 17.4. The molecule has 1 fully saturated rings. The molecule has 0 N–H and O–H groups in total. The van der Waals surface area contributed by atoms with Gasteiger partial charge in [0.1, 0.15) is 17.6 Å². The SMILES string of the molecule is C=CCn1c(SCC(=O)N2N=C(c3ccc(Cl)cc3)C[C@H]2c2ccco2)nnc1C1CC1. The minimum atomic E-state index is -0.281. The summed E-state index contributed by atoms with van der Waals surface area (Å²) in [6.07, 6.45) is 6.30. The highest BCUT2D eigenvalue weighted by Gasteiger charge is 2.35. The van der Waals surface area contributed by atoms with Gasteiger partial charge >= 0.3 is 0 Å². The van der Waals surface area contributed by atoms with Crippen LogP contribution in [0.1, 0.15) is 48.4 Å². The molecule has 9 heteroatoms. The van der Waals surface area contributed by atoms with Crippen molar-refractivity contribution in [2.75, 3.05) is 5.75 Å². The molecule has 2 aromatic heterocycles. The third-order valence-corrected chi connectivity index (χ3v) is 6.74. The Morgan fingerprint density at radius 3 is 2.75 bits per heavy atom. The highest BCUT2D eigenvalue weighted by atomic mass is 35.5. The summed E-state index contributed by atoms with van der Waals surface area (Å²) in [5.74, 6) is 2.26. The summed E-state index contributed by atoms with van der Waals surface area (Å²) in [7, 11) is 0. The maximum Gasteiger partial charge on any atom is 0.253 e. The topological polar surface area (TPSA) is 76.5 Å². The van der Waals surface area contributed by atoms with Crippen LogP contribution in [0.4, 0.5) is 0 Å². The van der Waals surface area contributed by atoms with Crippen LogP contribution in [0.25, 0.3) is 0 Å². The van der Waals surface area contributed by atoms with Gasteiger partial charge < -0.3 is 8.98 Å². The summed E-state index contributed by atoms with van der Waals surface area (Å²) >= 11 is 7.41. The van der Waals surface area contributed by atoms with E-state index in [1.165, 1.54) is 16.8 Å². The molecule has 1 aromatic carbocycles. The molecule has 0 unspecified atom stereocenters. The summed E-state index contributed by atoms with van der Waals surface area (Å²) < 4.78 is 7.67. The average Bonchev–Trinajstić information content (AvgIpc) is 3.19. The van der Waals surface area contributed by atoms with Crippen LogP contribution in [-0.2, 0) is 11.3 Å². The van der Waals surface area contributed by atoms with Crippen molar-refractivity contribution >= 4 is 35.0 Å². The van der Waals surface area contributed by atoms with Crippen LogP contribution in [0.5, 0.6) is 0 Å². The summed E-state index contributed by atoms with van der Waals surface area (Å²) in [6.45, 7) is 4.47. The van der Waals surface area contributed by atoms with Gasteiger partial charge in [0.15, 0.2) is 5.16 Å². The molecule has 2 aliphatic rings. The van der Waals surface area contributed by atoms with Gasteiger partial charge in [0.25, 0.3) is 5.91 Å². The fourth-order valence-electron chi connectivity index (χ4n) is 3.80. The van der Waals surface area contributed by atoms with Crippen LogP contribution in [0, 0.1) is 0 Å². The third-order valence-electron chi connectivity index (χ3n) is 5.54. The Kier molecular flexibility index (Phi) is 5.89. The number of amides is 1. The Morgan fingerprint density at radius 1 is 1.25 bits per heavy atom. The second-order valence-electron chi connectivity index (χ2n) is 7.83. The smallest absolute Gasteiger partial charge is 0.253 e. The average molecular weight is 468 g/mol. The van der Waals surface area contributed by atoms with Crippen molar-refractivity contribution in [1.29, 1.82) is 0 Å². The number of carbonyl (C=O) groups is 1. The minimum Gasteiger partial charge on any atom is -0.467 e. The number of allylic oxidation sites excluding steroid dienone is 1. The lowest BCUT2D eigenvalue weighted by Gasteiger charge is -2.19. The first-order chi connectivity index (χ1) is 15.6. The number of rotatable bonds is 8. The second kappa shape index (κ2) is 8.96. The molecular formula is C23H22ClN5O2S. The predicted molar refractivity (Wildman–Crippen MR) is 124 cm³/mol. The molecule has 1 amide bonds. The molecule has 7 nitrogen and oxygen atoms in total. The largest absolute Gasteiger partial charge is 0.467 e. The number of furan rings is 1. The standard InChI is InChI=1S/C23H22ClN5O2S/c1-2-11-28-22(16-5-6-16)25-26-23(28)32-14-21(30)29-19(20-4-3-12-31-20)13-18(27-29)15-7-9-17(24)10-8-15/h2-4,7-10,12,16,19H,1,5-6,11,13-14H2/t19-/m0/s1. The van der Waals surface area contributed by atoms with E-state index in [2.05, 4.69) is 26.4 Å². The van der Waals surface area contributed by atoms with Crippen LogP contribution in [0.2, 0.25) is 5.02 Å². The van der Waals surface area contributed by atoms with E-state index in [0.717, 1.165) is 35.1 Å². The number of halogens is 1. The van der Waals surface area contributed by atoms with Crippen LogP contribution < -0.4 is 0 Å². The van der Waals surface area contributed by atoms with E-state index in [1.54, 1.807) is 6.26 Å². The van der Waals surface area contributed by atoms with Gasteiger partial charge in [-0.25, -0.2) is 5.01 Å². The molecule has 164 valence electrons. The molecule has 5 rings (SSSR count). The number of hydrogen-bond donors (Lipinski definition) is 0. The van der Waals surface area contributed by atoms with Gasteiger partial charge in [0.05, 0.1) is 17.7 Å². The Labute approximate surface area is 195 Å². The van der Waals surface area contributed by atoms with Crippen molar-refractivity contribution in [2.45, 2.75) is 42.9 Å². The van der Waals surface area contributed by atoms with E-state index in [1.807, 2.05) is 42.5 Å². The van der Waals surface area contributed by atoms with Crippen molar-refractivity contribution in [1.82, 2.24) is 19.8 Å². The zero-order chi connectivity index (χ0) is 22.1. The van der Waals surface area contributed by atoms with E-state index < -0.39 is 0 Å². The predicted octanol–water partition coefficient (Wildman–Crippen LogP) is 5.06. The summed E-state index contributed by atoms with van der Waals surface area (Å²) in [4.78, 5) is 13.2. The highest BCUT2D eigenvalue weighted by Crippen LogP contribution is 2.40. The van der Waals surface area contributed by atoms with E-state index in [0.29, 0.717) is 29.7 Å². The molecule has 0 radical (unpaired) electrons. The number of benzene rings is 1. The lowest BCUT2D eigenvalue weighted by Crippen LogP contribution is -2.28. The number of thioether (sulfide) groups is 1. The zero-order valence-corrected chi connectivity index (χ0v) is 18.9. The Morgan fingerprint density at radius 2 is 2.06 bits per heavy atom. The fraction of sp³-hybridized carbons (Fsp3) is 0.304. The third kappa shape index (κ3) is 4.25. The highest BCUT2D eigenvalue weighted by molar-refractivity contribution is 7.99. The Balaban J connectivity index is 1.35. The van der Waals surface area contributed by atoms with Crippen molar-refractivity contribution in [3.63, 3.8) is 0 Å². The number of carbonyl (C=O) groups excluding carboxylic acids is 1. The maximum absolute atomic E-state index is 13.2.